The topological polar surface area (TPSA) is 72.6 Å². The Hall–Kier alpha value is -2.01. The Kier molecular flexibility index (Phi) is 4.07. The van der Waals surface area contributed by atoms with E-state index in [1.165, 1.54) is 25.3 Å². The van der Waals surface area contributed by atoms with Crippen molar-refractivity contribution in [2.75, 3.05) is 6.61 Å². The van der Waals surface area contributed by atoms with Gasteiger partial charge in [0.1, 0.15) is 5.75 Å². The first kappa shape index (κ1) is 14.9. The van der Waals surface area contributed by atoms with E-state index in [4.69, 9.17) is 26.0 Å². The first-order valence-corrected chi connectivity index (χ1v) is 7.55. The molecule has 0 bridgehead atoms. The Labute approximate surface area is 132 Å². The van der Waals surface area contributed by atoms with Gasteiger partial charge < -0.3 is 14.4 Å². The Morgan fingerprint density at radius 1 is 1.45 bits per heavy atom. The lowest BCUT2D eigenvalue weighted by Crippen LogP contribution is -2.19. The summed E-state index contributed by atoms with van der Waals surface area (Å²) in [5, 5.41) is 13.0. The largest absolute Gasteiger partial charge is 0.491 e. The standard InChI is InChI=1S/C16H16ClNO4/c1-9-5-11(14-7-13(16(19)20)18-22-14)15(12(17)6-9)21-8-10-3-2-4-10/h5-7,10H,2-4,8H2,1H3,(H,19,20). The molecule has 1 aliphatic carbocycles. The average Bonchev–Trinajstić information content (AvgIpc) is 2.88. The fourth-order valence-corrected chi connectivity index (χ4v) is 2.75. The van der Waals surface area contributed by atoms with Crippen LogP contribution in [0, 0.1) is 12.8 Å². The number of carbonyl (C=O) groups is 1. The summed E-state index contributed by atoms with van der Waals surface area (Å²) in [6, 6.07) is 5.05. The van der Waals surface area contributed by atoms with Gasteiger partial charge >= 0.3 is 5.97 Å². The summed E-state index contributed by atoms with van der Waals surface area (Å²) in [6.45, 7) is 2.51. The number of rotatable bonds is 5. The van der Waals surface area contributed by atoms with Gasteiger partial charge in [-0.25, -0.2) is 4.79 Å². The van der Waals surface area contributed by atoms with E-state index in [9.17, 15) is 4.79 Å². The SMILES string of the molecule is Cc1cc(Cl)c(OCC2CCC2)c(-c2cc(C(=O)O)no2)c1. The van der Waals surface area contributed by atoms with Gasteiger partial charge in [-0.3, -0.25) is 0 Å². The number of carboxylic acids is 1. The molecule has 6 heteroatoms. The lowest BCUT2D eigenvalue weighted by molar-refractivity contribution is 0.0686. The maximum absolute atomic E-state index is 10.9. The van der Waals surface area contributed by atoms with Crippen molar-refractivity contribution in [2.45, 2.75) is 26.2 Å². The molecule has 1 saturated carbocycles. The third-order valence-corrected chi connectivity index (χ3v) is 4.15. The molecular formula is C16H16ClNO4. The van der Waals surface area contributed by atoms with Crippen LogP contribution in [0.3, 0.4) is 0 Å². The minimum Gasteiger partial charge on any atom is -0.491 e. The van der Waals surface area contributed by atoms with Gasteiger partial charge in [-0.15, -0.1) is 0 Å². The number of aryl methyl sites for hydroxylation is 1. The Morgan fingerprint density at radius 3 is 2.82 bits per heavy atom. The molecule has 1 aromatic heterocycles. The van der Waals surface area contributed by atoms with E-state index in [0.29, 0.717) is 34.6 Å². The normalized spacial score (nSPS) is 14.6. The number of aromatic nitrogens is 1. The van der Waals surface area contributed by atoms with E-state index >= 15 is 0 Å². The molecule has 1 aliphatic rings. The van der Waals surface area contributed by atoms with Gasteiger partial charge in [0.05, 0.1) is 17.2 Å². The van der Waals surface area contributed by atoms with Gasteiger partial charge in [0, 0.05) is 6.07 Å². The smallest absolute Gasteiger partial charge is 0.358 e. The Morgan fingerprint density at radius 2 is 2.23 bits per heavy atom. The van der Waals surface area contributed by atoms with Crippen molar-refractivity contribution in [3.8, 4) is 17.1 Å². The van der Waals surface area contributed by atoms with E-state index < -0.39 is 5.97 Å². The van der Waals surface area contributed by atoms with Gasteiger partial charge in [0.15, 0.2) is 11.5 Å². The monoisotopic (exact) mass is 321 g/mol. The van der Waals surface area contributed by atoms with Gasteiger partial charge in [0.25, 0.3) is 0 Å². The quantitative estimate of drug-likeness (QED) is 0.894. The minimum absolute atomic E-state index is 0.141. The van der Waals surface area contributed by atoms with Gasteiger partial charge in [-0.2, -0.15) is 0 Å². The summed E-state index contributed by atoms with van der Waals surface area (Å²) in [4.78, 5) is 10.9. The van der Waals surface area contributed by atoms with Crippen LogP contribution in [0.15, 0.2) is 22.7 Å². The predicted octanol–water partition coefficient (Wildman–Crippen LogP) is 4.18. The van der Waals surface area contributed by atoms with Crippen molar-refractivity contribution < 1.29 is 19.2 Å². The summed E-state index contributed by atoms with van der Waals surface area (Å²) in [6.07, 6.45) is 3.58. The maximum Gasteiger partial charge on any atom is 0.358 e. The molecule has 0 unspecified atom stereocenters. The van der Waals surface area contributed by atoms with E-state index in [1.807, 2.05) is 19.1 Å². The van der Waals surface area contributed by atoms with E-state index in [0.717, 1.165) is 5.56 Å². The molecule has 0 spiro atoms. The molecule has 0 amide bonds. The fourth-order valence-electron chi connectivity index (χ4n) is 2.42. The first-order valence-electron chi connectivity index (χ1n) is 7.18. The molecule has 1 fully saturated rings. The van der Waals surface area contributed by atoms with Crippen LogP contribution >= 0.6 is 11.6 Å². The van der Waals surface area contributed by atoms with Crippen LogP contribution in [-0.4, -0.2) is 22.8 Å². The summed E-state index contributed by atoms with van der Waals surface area (Å²) in [5.41, 5.74) is 1.42. The molecule has 0 saturated heterocycles. The molecule has 1 N–H and O–H groups in total. The highest BCUT2D eigenvalue weighted by Crippen LogP contribution is 2.39. The van der Waals surface area contributed by atoms with Crippen molar-refractivity contribution in [1.29, 1.82) is 0 Å². The number of aromatic carboxylic acids is 1. The third kappa shape index (κ3) is 2.95. The summed E-state index contributed by atoms with van der Waals surface area (Å²) in [7, 11) is 0. The highest BCUT2D eigenvalue weighted by Gasteiger charge is 2.22. The number of ether oxygens (including phenoxy) is 1. The van der Waals surface area contributed by atoms with Crippen LogP contribution in [0.1, 0.15) is 35.3 Å². The van der Waals surface area contributed by atoms with Crippen molar-refractivity contribution in [2.24, 2.45) is 5.92 Å². The number of hydrogen-bond donors (Lipinski definition) is 1. The molecule has 1 heterocycles. The predicted molar refractivity (Wildman–Crippen MR) is 81.5 cm³/mol. The van der Waals surface area contributed by atoms with Crippen molar-refractivity contribution in [1.82, 2.24) is 5.16 Å². The number of benzene rings is 1. The first-order chi connectivity index (χ1) is 10.5. The molecule has 5 nitrogen and oxygen atoms in total. The summed E-state index contributed by atoms with van der Waals surface area (Å²) >= 11 is 6.30. The average molecular weight is 322 g/mol. The van der Waals surface area contributed by atoms with Crippen LogP contribution < -0.4 is 4.74 Å². The van der Waals surface area contributed by atoms with Crippen LogP contribution in [0.25, 0.3) is 11.3 Å². The molecule has 0 radical (unpaired) electrons. The molecule has 22 heavy (non-hydrogen) atoms. The lowest BCUT2D eigenvalue weighted by Gasteiger charge is -2.26. The minimum atomic E-state index is -1.13. The van der Waals surface area contributed by atoms with Crippen molar-refractivity contribution >= 4 is 17.6 Å². The second-order valence-electron chi connectivity index (χ2n) is 5.61. The van der Waals surface area contributed by atoms with Crippen LogP contribution in [-0.2, 0) is 0 Å². The maximum atomic E-state index is 10.9. The molecule has 1 aromatic carbocycles. The number of nitrogens with zero attached hydrogens (tertiary/aromatic N) is 1. The van der Waals surface area contributed by atoms with Crippen LogP contribution in [0.2, 0.25) is 5.02 Å². The van der Waals surface area contributed by atoms with Gasteiger partial charge in [-0.05, 0) is 43.4 Å². The highest BCUT2D eigenvalue weighted by molar-refractivity contribution is 6.32. The van der Waals surface area contributed by atoms with Crippen LogP contribution in [0.5, 0.6) is 5.75 Å². The second-order valence-corrected chi connectivity index (χ2v) is 6.02. The van der Waals surface area contributed by atoms with E-state index in [2.05, 4.69) is 5.16 Å². The third-order valence-electron chi connectivity index (χ3n) is 3.87. The van der Waals surface area contributed by atoms with Crippen LogP contribution in [0.4, 0.5) is 0 Å². The molecule has 0 atom stereocenters. The van der Waals surface area contributed by atoms with E-state index in [1.54, 1.807) is 0 Å². The van der Waals surface area contributed by atoms with E-state index in [-0.39, 0.29) is 5.69 Å². The zero-order valence-corrected chi connectivity index (χ0v) is 12.9. The Balaban J connectivity index is 1.94. The fraction of sp³-hybridized carbons (Fsp3) is 0.375. The molecule has 2 aromatic rings. The Bertz CT molecular complexity index is 706. The zero-order valence-electron chi connectivity index (χ0n) is 12.1. The molecule has 0 aliphatic heterocycles. The zero-order chi connectivity index (χ0) is 15.7. The molecular weight excluding hydrogens is 306 g/mol. The highest BCUT2D eigenvalue weighted by atomic mass is 35.5. The van der Waals surface area contributed by atoms with Crippen molar-refractivity contribution in [3.05, 3.63) is 34.5 Å². The summed E-state index contributed by atoms with van der Waals surface area (Å²) in [5.74, 6) is 0.291. The molecule has 3 rings (SSSR count). The van der Waals surface area contributed by atoms with Gasteiger partial charge in [-0.1, -0.05) is 23.2 Å². The number of carboxylic acid groups (broad SMARTS) is 1. The number of hydrogen-bond acceptors (Lipinski definition) is 4. The second kappa shape index (κ2) is 6.01. The van der Waals surface area contributed by atoms with Crippen molar-refractivity contribution in [3.63, 3.8) is 0 Å². The molecule has 116 valence electrons. The van der Waals surface area contributed by atoms with Gasteiger partial charge in [0.2, 0.25) is 0 Å². The number of halogens is 1. The lowest BCUT2D eigenvalue weighted by atomic mass is 9.86. The summed E-state index contributed by atoms with van der Waals surface area (Å²) < 4.78 is 11.0.